The number of nitrogen functional groups attached to an aromatic ring is 1. The first kappa shape index (κ1) is 24.0. The van der Waals surface area contributed by atoms with Crippen LogP contribution < -0.4 is 31.4 Å². The average molecular weight is 434 g/mol. The van der Waals surface area contributed by atoms with E-state index in [4.69, 9.17) is 15.2 Å². The number of aliphatic hydroxyl groups excluding tert-OH is 1. The van der Waals surface area contributed by atoms with Crippen molar-refractivity contribution in [2.24, 2.45) is 0 Å². The number of nitrogens with zero attached hydrogens (tertiary/aromatic N) is 2. The van der Waals surface area contributed by atoms with Gasteiger partial charge >= 0.3 is 5.69 Å². The molecule has 0 bridgehead atoms. The van der Waals surface area contributed by atoms with Crippen LogP contribution >= 0.6 is 0 Å². The van der Waals surface area contributed by atoms with Crippen molar-refractivity contribution in [2.45, 2.75) is 39.3 Å². The maximum Gasteiger partial charge on any atom is 0.330 e. The number of benzene rings is 1. The van der Waals surface area contributed by atoms with E-state index >= 15 is 0 Å². The molecule has 0 aliphatic heterocycles. The van der Waals surface area contributed by atoms with Crippen molar-refractivity contribution in [1.29, 1.82) is 0 Å². The Morgan fingerprint density at radius 3 is 2.65 bits per heavy atom. The number of nitrogens with two attached hydrogens (primary N) is 1. The first-order valence-electron chi connectivity index (χ1n) is 10.0. The second kappa shape index (κ2) is 10.7. The number of methoxy groups -OCH3 is 1. The summed E-state index contributed by atoms with van der Waals surface area (Å²) in [5.74, 6) is 0.700. The molecule has 1 aromatic heterocycles. The van der Waals surface area contributed by atoms with Gasteiger partial charge in [0.05, 0.1) is 7.11 Å². The van der Waals surface area contributed by atoms with Crippen LogP contribution in [0.5, 0.6) is 11.5 Å². The van der Waals surface area contributed by atoms with Crippen LogP contribution in [-0.4, -0.2) is 53.9 Å². The van der Waals surface area contributed by atoms with Crippen LogP contribution in [0.15, 0.2) is 27.8 Å². The van der Waals surface area contributed by atoms with Gasteiger partial charge in [-0.2, -0.15) is 0 Å². The fourth-order valence-corrected chi connectivity index (χ4v) is 3.14. The number of carbonyl (C=O) groups is 1. The summed E-state index contributed by atoms with van der Waals surface area (Å²) in [7, 11) is 3.06. The number of aliphatic hydroxyl groups is 1. The molecular weight excluding hydrogens is 404 g/mol. The van der Waals surface area contributed by atoms with E-state index in [9.17, 15) is 19.5 Å². The lowest BCUT2D eigenvalue weighted by Crippen LogP contribution is -2.40. The summed E-state index contributed by atoms with van der Waals surface area (Å²) in [6, 6.07) is 4.77. The highest BCUT2D eigenvalue weighted by atomic mass is 16.5. The number of ketones is 1. The van der Waals surface area contributed by atoms with Crippen LogP contribution in [0.25, 0.3) is 0 Å². The Morgan fingerprint density at radius 2 is 2.03 bits per heavy atom. The molecule has 1 heterocycles. The van der Waals surface area contributed by atoms with E-state index in [0.29, 0.717) is 23.6 Å². The summed E-state index contributed by atoms with van der Waals surface area (Å²) in [5.41, 5.74) is 5.51. The van der Waals surface area contributed by atoms with Gasteiger partial charge in [-0.3, -0.25) is 19.1 Å². The smallest absolute Gasteiger partial charge is 0.330 e. The monoisotopic (exact) mass is 434 g/mol. The van der Waals surface area contributed by atoms with Crippen molar-refractivity contribution in [3.8, 4) is 11.5 Å². The summed E-state index contributed by atoms with van der Waals surface area (Å²) in [4.78, 5) is 39.6. The number of nitrogens with one attached hydrogen (secondary N) is 1. The molecule has 0 amide bonds. The third-order valence-corrected chi connectivity index (χ3v) is 4.82. The third kappa shape index (κ3) is 5.88. The van der Waals surface area contributed by atoms with Crippen molar-refractivity contribution >= 4 is 17.3 Å². The van der Waals surface area contributed by atoms with Crippen LogP contribution in [0, 0.1) is 0 Å². The Bertz CT molecular complexity index is 1030. The van der Waals surface area contributed by atoms with E-state index in [1.54, 1.807) is 25.2 Å². The molecule has 0 fully saturated rings. The Morgan fingerprint density at radius 1 is 1.32 bits per heavy atom. The van der Waals surface area contributed by atoms with Crippen molar-refractivity contribution in [3.63, 3.8) is 0 Å². The molecule has 4 N–H and O–H groups in total. The Balaban J connectivity index is 2.11. The van der Waals surface area contributed by atoms with Crippen molar-refractivity contribution in [1.82, 2.24) is 9.55 Å². The van der Waals surface area contributed by atoms with Crippen LogP contribution in [-0.2, 0) is 6.54 Å². The maximum atomic E-state index is 12.3. The maximum absolute atomic E-state index is 12.3. The topological polar surface area (TPSA) is 140 Å². The van der Waals surface area contributed by atoms with Gasteiger partial charge in [-0.1, -0.05) is 13.3 Å². The number of H-pyrrole nitrogens is 1. The zero-order chi connectivity index (χ0) is 23.1. The van der Waals surface area contributed by atoms with Gasteiger partial charge in [0.1, 0.15) is 24.2 Å². The lowest BCUT2D eigenvalue weighted by molar-refractivity contribution is 0.101. The Kier molecular flexibility index (Phi) is 8.26. The molecule has 0 saturated carbocycles. The summed E-state index contributed by atoms with van der Waals surface area (Å²) < 4.78 is 12.2. The highest BCUT2D eigenvalue weighted by molar-refractivity contribution is 5.94. The fourth-order valence-electron chi connectivity index (χ4n) is 3.14. The standard InChI is InChI=1S/C21H30N4O6/c1-5-6-9-25-19(22)18(20(28)23-21(25)29)24(3)11-15(27)12-31-16-8-7-14(13(2)26)10-17(16)30-4/h7-8,10,15,27H,5-6,9,11-12,22H2,1-4H3,(H,23,28,29). The Labute approximate surface area is 180 Å². The number of aromatic amines is 1. The molecule has 0 saturated heterocycles. The lowest BCUT2D eigenvalue weighted by atomic mass is 10.1. The predicted octanol–water partition coefficient (Wildman–Crippen LogP) is 1.01. The summed E-state index contributed by atoms with van der Waals surface area (Å²) in [6.45, 7) is 3.77. The molecule has 10 nitrogen and oxygen atoms in total. The molecule has 1 atom stereocenters. The minimum Gasteiger partial charge on any atom is -0.493 e. The molecule has 31 heavy (non-hydrogen) atoms. The normalized spacial score (nSPS) is 11.8. The molecule has 0 spiro atoms. The largest absolute Gasteiger partial charge is 0.493 e. The molecule has 10 heteroatoms. The zero-order valence-electron chi connectivity index (χ0n) is 18.3. The molecule has 0 aliphatic rings. The number of unbranched alkanes of at least 4 members (excludes halogenated alkanes) is 1. The highest BCUT2D eigenvalue weighted by Gasteiger charge is 2.19. The van der Waals surface area contributed by atoms with E-state index in [-0.39, 0.29) is 30.4 Å². The minimum absolute atomic E-state index is 0.0348. The number of hydrogen-bond acceptors (Lipinski definition) is 8. The number of Topliss-reactive ketones (excluding diaryl/α,β-unsaturated/α-hetero) is 1. The van der Waals surface area contributed by atoms with Gasteiger partial charge in [0.15, 0.2) is 17.3 Å². The number of anilines is 2. The van der Waals surface area contributed by atoms with Gasteiger partial charge in [0.2, 0.25) is 0 Å². The summed E-state index contributed by atoms with van der Waals surface area (Å²) in [6.07, 6.45) is 0.625. The molecule has 1 aromatic carbocycles. The molecule has 0 aliphatic carbocycles. The molecule has 170 valence electrons. The van der Waals surface area contributed by atoms with Crippen molar-refractivity contribution < 1.29 is 19.4 Å². The van der Waals surface area contributed by atoms with Crippen molar-refractivity contribution in [2.75, 3.05) is 37.9 Å². The summed E-state index contributed by atoms with van der Waals surface area (Å²) in [5, 5.41) is 10.4. The van der Waals surface area contributed by atoms with Crippen LogP contribution in [0.4, 0.5) is 11.5 Å². The molecule has 2 rings (SSSR count). The first-order valence-corrected chi connectivity index (χ1v) is 10.0. The molecule has 2 aromatic rings. The quantitative estimate of drug-likeness (QED) is 0.445. The lowest BCUT2D eigenvalue weighted by Gasteiger charge is -2.24. The van der Waals surface area contributed by atoms with Crippen LogP contribution in [0.3, 0.4) is 0 Å². The number of ether oxygens (including phenoxy) is 2. The van der Waals surface area contributed by atoms with E-state index in [1.165, 1.54) is 23.5 Å². The van der Waals surface area contributed by atoms with Gasteiger partial charge < -0.3 is 25.2 Å². The first-order chi connectivity index (χ1) is 14.7. The summed E-state index contributed by atoms with van der Waals surface area (Å²) >= 11 is 0. The van der Waals surface area contributed by atoms with Crippen LogP contribution in [0.2, 0.25) is 0 Å². The molecular formula is C21H30N4O6. The van der Waals surface area contributed by atoms with Crippen LogP contribution in [0.1, 0.15) is 37.0 Å². The van der Waals surface area contributed by atoms with Gasteiger partial charge in [0.25, 0.3) is 5.56 Å². The van der Waals surface area contributed by atoms with Gasteiger partial charge in [-0.05, 0) is 31.5 Å². The van der Waals surface area contributed by atoms with E-state index in [1.807, 2.05) is 6.92 Å². The third-order valence-electron chi connectivity index (χ3n) is 4.82. The van der Waals surface area contributed by atoms with Gasteiger partial charge in [-0.15, -0.1) is 0 Å². The second-order valence-electron chi connectivity index (χ2n) is 7.27. The second-order valence-corrected chi connectivity index (χ2v) is 7.27. The number of aromatic nitrogens is 2. The molecule has 0 radical (unpaired) electrons. The van der Waals surface area contributed by atoms with E-state index in [0.717, 1.165) is 12.8 Å². The number of likely N-dealkylation sites (N-methyl/N-ethyl adjacent to an activating group) is 1. The number of hydrogen-bond donors (Lipinski definition) is 3. The number of rotatable bonds is 11. The van der Waals surface area contributed by atoms with Gasteiger partial charge in [0, 0.05) is 25.7 Å². The molecule has 1 unspecified atom stereocenters. The number of carbonyl (C=O) groups excluding carboxylic acids is 1. The minimum atomic E-state index is -0.975. The Hall–Kier alpha value is -3.27. The highest BCUT2D eigenvalue weighted by Crippen LogP contribution is 2.28. The fraction of sp³-hybridized carbons (Fsp3) is 0.476. The predicted molar refractivity (Wildman–Crippen MR) is 118 cm³/mol. The van der Waals surface area contributed by atoms with Crippen molar-refractivity contribution in [3.05, 3.63) is 44.6 Å². The van der Waals surface area contributed by atoms with E-state index < -0.39 is 17.4 Å². The SMILES string of the molecule is CCCCn1c(N)c(N(C)CC(O)COc2ccc(C(C)=O)cc2OC)c(=O)[nH]c1=O. The van der Waals surface area contributed by atoms with Gasteiger partial charge in [-0.25, -0.2) is 4.79 Å². The average Bonchev–Trinajstić information content (AvgIpc) is 2.71. The van der Waals surface area contributed by atoms with E-state index in [2.05, 4.69) is 4.98 Å². The zero-order valence-corrected chi connectivity index (χ0v) is 18.3.